The zero-order chi connectivity index (χ0) is 11.3. The van der Waals surface area contributed by atoms with Gasteiger partial charge in [-0.25, -0.2) is 0 Å². The number of benzene rings is 1. The molecule has 1 aromatic rings. The molecule has 15 heavy (non-hydrogen) atoms. The highest BCUT2D eigenvalue weighted by molar-refractivity contribution is 5.44. The molecular weight excluding hydrogens is 205 g/mol. The molecule has 0 unspecified atom stereocenters. The van der Waals surface area contributed by atoms with Crippen molar-refractivity contribution in [2.45, 2.75) is 12.6 Å². The molecule has 0 spiro atoms. The molecule has 0 aliphatic heterocycles. The molecule has 0 saturated heterocycles. The van der Waals surface area contributed by atoms with Crippen molar-refractivity contribution in [2.75, 3.05) is 6.61 Å². The van der Waals surface area contributed by atoms with Gasteiger partial charge in [0.25, 0.3) is 0 Å². The number of halogens is 3. The Kier molecular flexibility index (Phi) is 3.62. The summed E-state index contributed by atoms with van der Waals surface area (Å²) in [5.74, 6) is 2.65. The fourth-order valence-corrected chi connectivity index (χ4v) is 0.988. The maximum atomic E-state index is 11.8. The number of para-hydroxylation sites is 1. The molecule has 0 heterocycles. The normalized spacial score (nSPS) is 10.8. The Morgan fingerprint density at radius 2 is 1.93 bits per heavy atom. The first kappa shape index (κ1) is 11.4. The number of hydrogen-bond acceptors (Lipinski definition) is 1. The van der Waals surface area contributed by atoms with Gasteiger partial charge in [0.15, 0.2) is 0 Å². The van der Waals surface area contributed by atoms with Crippen LogP contribution in [-0.2, 0) is 0 Å². The van der Waals surface area contributed by atoms with E-state index in [9.17, 15) is 13.2 Å². The predicted molar refractivity (Wildman–Crippen MR) is 50.5 cm³/mol. The van der Waals surface area contributed by atoms with Crippen molar-refractivity contribution >= 4 is 0 Å². The van der Waals surface area contributed by atoms with Crippen LogP contribution in [0.1, 0.15) is 12.0 Å². The van der Waals surface area contributed by atoms with Crippen molar-refractivity contribution in [3.05, 3.63) is 29.8 Å². The summed E-state index contributed by atoms with van der Waals surface area (Å²) in [4.78, 5) is 0. The first-order valence-corrected chi connectivity index (χ1v) is 4.28. The summed E-state index contributed by atoms with van der Waals surface area (Å²) in [6.45, 7) is -0.414. The predicted octanol–water partition coefficient (Wildman–Crippen LogP) is 3.00. The highest BCUT2D eigenvalue weighted by Crippen LogP contribution is 2.21. The van der Waals surface area contributed by atoms with Crippen LogP contribution in [0.3, 0.4) is 0 Å². The largest absolute Gasteiger partial charge is 0.492 e. The molecule has 80 valence electrons. The van der Waals surface area contributed by atoms with Crippen molar-refractivity contribution in [1.29, 1.82) is 0 Å². The Morgan fingerprint density at radius 3 is 2.53 bits per heavy atom. The van der Waals surface area contributed by atoms with Crippen LogP contribution in [0.4, 0.5) is 13.2 Å². The summed E-state index contributed by atoms with van der Waals surface area (Å²) < 4.78 is 40.4. The van der Waals surface area contributed by atoms with Gasteiger partial charge >= 0.3 is 6.18 Å². The van der Waals surface area contributed by atoms with E-state index in [0.717, 1.165) is 0 Å². The molecule has 0 aliphatic carbocycles. The first-order chi connectivity index (χ1) is 7.03. The van der Waals surface area contributed by atoms with Crippen LogP contribution in [0.2, 0.25) is 0 Å². The summed E-state index contributed by atoms with van der Waals surface area (Å²) in [5.41, 5.74) is 0.458. The monoisotopic (exact) mass is 214 g/mol. The average Bonchev–Trinajstić information content (AvgIpc) is 2.16. The van der Waals surface area contributed by atoms with Gasteiger partial charge in [0, 0.05) is 0 Å². The lowest BCUT2D eigenvalue weighted by Crippen LogP contribution is -2.13. The second-order valence-corrected chi connectivity index (χ2v) is 2.85. The number of rotatable bonds is 3. The first-order valence-electron chi connectivity index (χ1n) is 4.28. The van der Waals surface area contributed by atoms with E-state index in [0.29, 0.717) is 11.3 Å². The molecule has 4 heteroatoms. The molecule has 0 aromatic heterocycles. The number of alkyl halides is 3. The number of ether oxygens (including phenoxy) is 1. The third kappa shape index (κ3) is 3.94. The summed E-state index contributed by atoms with van der Waals surface area (Å²) in [6, 6.07) is 6.52. The van der Waals surface area contributed by atoms with E-state index in [4.69, 9.17) is 11.2 Å². The smallest absolute Gasteiger partial charge is 0.392 e. The van der Waals surface area contributed by atoms with E-state index in [2.05, 4.69) is 5.92 Å². The van der Waals surface area contributed by atoms with Crippen molar-refractivity contribution in [3.8, 4) is 18.1 Å². The van der Waals surface area contributed by atoms with Gasteiger partial charge in [-0.1, -0.05) is 18.1 Å². The zero-order valence-electron chi connectivity index (χ0n) is 7.84. The summed E-state index contributed by atoms with van der Waals surface area (Å²) >= 11 is 0. The summed E-state index contributed by atoms with van der Waals surface area (Å²) in [7, 11) is 0. The van der Waals surface area contributed by atoms with E-state index in [1.54, 1.807) is 24.3 Å². The summed E-state index contributed by atoms with van der Waals surface area (Å²) in [5, 5.41) is 0. The molecular formula is C11H9F3O. The van der Waals surface area contributed by atoms with E-state index in [1.807, 2.05) is 0 Å². The van der Waals surface area contributed by atoms with Crippen molar-refractivity contribution in [3.63, 3.8) is 0 Å². The molecule has 0 aliphatic rings. The third-order valence-corrected chi connectivity index (χ3v) is 1.69. The topological polar surface area (TPSA) is 9.23 Å². The Labute approximate surface area is 85.9 Å². The fourth-order valence-electron chi connectivity index (χ4n) is 0.988. The Hall–Kier alpha value is -1.63. The van der Waals surface area contributed by atoms with Gasteiger partial charge in [-0.3, -0.25) is 0 Å². The highest BCUT2D eigenvalue weighted by Gasteiger charge is 2.26. The van der Waals surface area contributed by atoms with E-state index < -0.39 is 19.2 Å². The quantitative estimate of drug-likeness (QED) is 0.703. The van der Waals surface area contributed by atoms with Gasteiger partial charge in [0.2, 0.25) is 0 Å². The Balaban J connectivity index is 2.55. The van der Waals surface area contributed by atoms with E-state index >= 15 is 0 Å². The lowest BCUT2D eigenvalue weighted by Gasteiger charge is -2.09. The highest BCUT2D eigenvalue weighted by atomic mass is 19.4. The molecule has 0 atom stereocenters. The lowest BCUT2D eigenvalue weighted by molar-refractivity contribution is -0.139. The summed E-state index contributed by atoms with van der Waals surface area (Å²) in [6.07, 6.45) is -0.0276. The molecule has 0 saturated carbocycles. The number of terminal acetylenes is 1. The van der Waals surface area contributed by atoms with Gasteiger partial charge in [-0.15, -0.1) is 6.42 Å². The molecule has 1 nitrogen and oxygen atoms in total. The Morgan fingerprint density at radius 1 is 1.27 bits per heavy atom. The minimum absolute atomic E-state index is 0.309. The second-order valence-electron chi connectivity index (χ2n) is 2.85. The van der Waals surface area contributed by atoms with Gasteiger partial charge in [-0.05, 0) is 12.1 Å². The minimum atomic E-state index is -4.20. The van der Waals surface area contributed by atoms with E-state index in [1.165, 1.54) is 0 Å². The van der Waals surface area contributed by atoms with Crippen LogP contribution < -0.4 is 4.74 Å². The van der Waals surface area contributed by atoms with Crippen LogP contribution >= 0.6 is 0 Å². The molecule has 0 amide bonds. The third-order valence-electron chi connectivity index (χ3n) is 1.69. The Bertz CT molecular complexity index is 363. The van der Waals surface area contributed by atoms with Gasteiger partial charge < -0.3 is 4.74 Å². The molecule has 0 radical (unpaired) electrons. The van der Waals surface area contributed by atoms with Crippen LogP contribution in [0, 0.1) is 12.3 Å². The standard InChI is InChI=1S/C11H9F3O/c1-2-9-5-3-4-6-10(9)15-8-7-11(12,13)14/h1,3-6H,7-8H2. The van der Waals surface area contributed by atoms with Crippen LogP contribution in [0.5, 0.6) is 5.75 Å². The molecule has 0 N–H and O–H groups in total. The number of hydrogen-bond donors (Lipinski definition) is 0. The van der Waals surface area contributed by atoms with Crippen molar-refractivity contribution in [1.82, 2.24) is 0 Å². The lowest BCUT2D eigenvalue weighted by atomic mass is 10.2. The minimum Gasteiger partial charge on any atom is -0.492 e. The van der Waals surface area contributed by atoms with E-state index in [-0.39, 0.29) is 0 Å². The molecule has 1 rings (SSSR count). The maximum Gasteiger partial charge on any atom is 0.392 e. The maximum absolute atomic E-state index is 11.8. The zero-order valence-corrected chi connectivity index (χ0v) is 7.84. The van der Waals surface area contributed by atoms with Gasteiger partial charge in [-0.2, -0.15) is 13.2 Å². The van der Waals surface area contributed by atoms with Gasteiger partial charge in [0.05, 0.1) is 18.6 Å². The SMILES string of the molecule is C#Cc1ccccc1OCCC(F)(F)F. The van der Waals surface area contributed by atoms with Crippen LogP contribution in [-0.4, -0.2) is 12.8 Å². The fraction of sp³-hybridized carbons (Fsp3) is 0.273. The average molecular weight is 214 g/mol. The second kappa shape index (κ2) is 4.74. The van der Waals surface area contributed by atoms with Crippen LogP contribution in [0.15, 0.2) is 24.3 Å². The van der Waals surface area contributed by atoms with Gasteiger partial charge in [0.1, 0.15) is 5.75 Å². The van der Waals surface area contributed by atoms with Crippen molar-refractivity contribution < 1.29 is 17.9 Å². The molecule has 0 bridgehead atoms. The molecule has 0 fully saturated rings. The molecule has 1 aromatic carbocycles. The van der Waals surface area contributed by atoms with Crippen LogP contribution in [0.25, 0.3) is 0 Å². The van der Waals surface area contributed by atoms with Crippen molar-refractivity contribution in [2.24, 2.45) is 0 Å².